The second-order valence-electron chi connectivity index (χ2n) is 15.3. The van der Waals surface area contributed by atoms with Crippen LogP contribution < -0.4 is 37.9 Å². The Morgan fingerprint density at radius 1 is 0.386 bits per heavy atom. The molecule has 4 heterocycles. The first-order valence-electron chi connectivity index (χ1n) is 22.0. The summed E-state index contributed by atoms with van der Waals surface area (Å²) in [6, 6.07) is 50.3. The summed E-state index contributed by atoms with van der Waals surface area (Å²) in [6.07, 6.45) is 0. The molecule has 0 atom stereocenters. The number of hydrogen-bond donors (Lipinski definition) is 2. The van der Waals surface area contributed by atoms with E-state index < -0.39 is 0 Å². The summed E-state index contributed by atoms with van der Waals surface area (Å²) in [5.74, 6) is 6.36. The predicted octanol–water partition coefficient (Wildman–Crippen LogP) is 8.99. The summed E-state index contributed by atoms with van der Waals surface area (Å²) in [5, 5.41) is 29.5. The quantitative estimate of drug-likeness (QED) is 0.0731. The Kier molecular flexibility index (Phi) is 15.0. The minimum Gasteiger partial charge on any atom is -0.496 e. The smallest absolute Gasteiger partial charge is 0.211 e. The number of benzene rings is 6. The standard InChI is InChI=1S/2C26H23N5O4/c1-32-25-14-18(6-13-24(25)35-17-26-28-30-31-29-26)15-33-21-9-11-22(12-10-21)34-16-20-8-7-19-4-2-3-5-23(19)27-20;1-32-25-14-23(35-17-26-28-30-31-29-26)9-7-19(25)15-33-21-10-12-22(13-11-21)34-16-20-8-6-18-4-2-3-5-24(18)27-20/h2*2-14H,15-17H2,1H3,(H,28,29,30,31). The minimum atomic E-state index is 0.189. The van der Waals surface area contributed by atoms with Gasteiger partial charge in [-0.25, -0.2) is 9.97 Å². The highest BCUT2D eigenvalue weighted by molar-refractivity contribution is 5.79. The fraction of sp³-hybridized carbons (Fsp3) is 0.154. The maximum Gasteiger partial charge on any atom is 0.211 e. The lowest BCUT2D eigenvalue weighted by Crippen LogP contribution is -2.01. The molecule has 0 saturated carbocycles. The molecule has 0 aliphatic carbocycles. The number of nitrogens with zero attached hydrogens (tertiary/aromatic N) is 8. The number of rotatable bonds is 20. The van der Waals surface area contributed by atoms with Gasteiger partial charge in [-0.1, -0.05) is 65.0 Å². The van der Waals surface area contributed by atoms with Gasteiger partial charge >= 0.3 is 0 Å². The molecule has 0 aliphatic heterocycles. The van der Waals surface area contributed by atoms with Gasteiger partial charge in [0.15, 0.2) is 24.7 Å². The number of fused-ring (bicyclic) bond motifs is 2. The van der Waals surface area contributed by atoms with Crippen molar-refractivity contribution in [2.75, 3.05) is 14.2 Å². The van der Waals surface area contributed by atoms with Crippen LogP contribution in [0.5, 0.6) is 46.0 Å². The summed E-state index contributed by atoms with van der Waals surface area (Å²) in [6.45, 7) is 1.91. The van der Waals surface area contributed by atoms with Crippen molar-refractivity contribution in [2.45, 2.75) is 39.6 Å². The van der Waals surface area contributed by atoms with E-state index in [2.05, 4.69) is 63.3 Å². The van der Waals surface area contributed by atoms with Gasteiger partial charge in [-0.15, -0.1) is 20.4 Å². The van der Waals surface area contributed by atoms with Crippen LogP contribution in [0.2, 0.25) is 0 Å². The van der Waals surface area contributed by atoms with Crippen molar-refractivity contribution in [3.8, 4) is 46.0 Å². The van der Waals surface area contributed by atoms with Crippen LogP contribution in [0.3, 0.4) is 0 Å². The largest absolute Gasteiger partial charge is 0.496 e. The Morgan fingerprint density at radius 2 is 0.871 bits per heavy atom. The van der Waals surface area contributed by atoms with Crippen molar-refractivity contribution in [1.29, 1.82) is 0 Å². The molecule has 18 heteroatoms. The van der Waals surface area contributed by atoms with E-state index in [0.717, 1.165) is 67.3 Å². The normalized spacial score (nSPS) is 10.8. The van der Waals surface area contributed by atoms with E-state index in [9.17, 15) is 0 Å². The Balaban J connectivity index is 0.000000174. The van der Waals surface area contributed by atoms with Gasteiger partial charge in [-0.3, -0.25) is 0 Å². The van der Waals surface area contributed by atoms with Gasteiger partial charge < -0.3 is 37.9 Å². The third-order valence-corrected chi connectivity index (χ3v) is 10.5. The Hall–Kier alpha value is -9.32. The summed E-state index contributed by atoms with van der Waals surface area (Å²) < 4.78 is 46.0. The molecule has 10 aromatic rings. The number of para-hydroxylation sites is 2. The summed E-state index contributed by atoms with van der Waals surface area (Å²) in [5.41, 5.74) is 5.50. The van der Waals surface area contributed by atoms with Crippen LogP contribution in [0, 0.1) is 0 Å². The zero-order chi connectivity index (χ0) is 47.7. The van der Waals surface area contributed by atoms with Gasteiger partial charge in [0.05, 0.1) is 36.6 Å². The van der Waals surface area contributed by atoms with Crippen LogP contribution in [0.4, 0.5) is 0 Å². The second-order valence-corrected chi connectivity index (χ2v) is 15.3. The molecule has 0 aliphatic rings. The van der Waals surface area contributed by atoms with E-state index in [0.29, 0.717) is 61.1 Å². The average molecular weight is 939 g/mol. The van der Waals surface area contributed by atoms with Crippen molar-refractivity contribution in [3.63, 3.8) is 0 Å². The van der Waals surface area contributed by atoms with Crippen molar-refractivity contribution in [2.24, 2.45) is 0 Å². The van der Waals surface area contributed by atoms with Crippen molar-refractivity contribution in [3.05, 3.63) is 192 Å². The van der Waals surface area contributed by atoms with Gasteiger partial charge in [0.2, 0.25) is 11.6 Å². The average Bonchev–Trinajstić information content (AvgIpc) is 4.16. The van der Waals surface area contributed by atoms with Gasteiger partial charge in [-0.2, -0.15) is 10.4 Å². The van der Waals surface area contributed by atoms with E-state index >= 15 is 0 Å². The zero-order valence-electron chi connectivity index (χ0n) is 38.1. The van der Waals surface area contributed by atoms with Crippen molar-refractivity contribution >= 4 is 21.8 Å². The van der Waals surface area contributed by atoms with Crippen LogP contribution >= 0.6 is 0 Å². The first-order chi connectivity index (χ1) is 34.5. The van der Waals surface area contributed by atoms with Gasteiger partial charge in [0, 0.05) is 22.4 Å². The number of nitrogens with one attached hydrogen (secondary N) is 2. The van der Waals surface area contributed by atoms with Crippen molar-refractivity contribution in [1.82, 2.24) is 51.2 Å². The molecule has 2 N–H and O–H groups in total. The van der Waals surface area contributed by atoms with Crippen LogP contribution in [-0.4, -0.2) is 65.4 Å². The van der Waals surface area contributed by atoms with Gasteiger partial charge in [0.1, 0.15) is 60.9 Å². The fourth-order valence-electron chi connectivity index (χ4n) is 6.92. The van der Waals surface area contributed by atoms with E-state index in [1.165, 1.54) is 0 Å². The molecule has 70 heavy (non-hydrogen) atoms. The molecule has 0 fully saturated rings. The molecule has 0 amide bonds. The van der Waals surface area contributed by atoms with Crippen LogP contribution in [0.25, 0.3) is 21.8 Å². The Bertz CT molecular complexity index is 3220. The first kappa shape index (κ1) is 45.8. The van der Waals surface area contributed by atoms with E-state index in [1.54, 1.807) is 20.3 Å². The number of tetrazole rings is 2. The highest BCUT2D eigenvalue weighted by Gasteiger charge is 2.11. The zero-order valence-corrected chi connectivity index (χ0v) is 38.1. The van der Waals surface area contributed by atoms with Crippen LogP contribution in [-0.2, 0) is 39.6 Å². The molecule has 10 rings (SSSR count). The Morgan fingerprint density at radius 3 is 1.40 bits per heavy atom. The molecule has 0 bridgehead atoms. The number of hydrogen-bond acceptors (Lipinski definition) is 16. The third-order valence-electron chi connectivity index (χ3n) is 10.5. The maximum atomic E-state index is 5.94. The molecule has 352 valence electrons. The van der Waals surface area contributed by atoms with E-state index in [1.807, 2.05) is 140 Å². The predicted molar refractivity (Wildman–Crippen MR) is 257 cm³/mol. The number of ether oxygens (including phenoxy) is 8. The summed E-state index contributed by atoms with van der Waals surface area (Å²) in [7, 11) is 3.20. The fourth-order valence-corrected chi connectivity index (χ4v) is 6.92. The minimum absolute atomic E-state index is 0.189. The lowest BCUT2D eigenvalue weighted by Gasteiger charge is -2.13. The summed E-state index contributed by atoms with van der Waals surface area (Å²) in [4.78, 5) is 9.27. The van der Waals surface area contributed by atoms with Gasteiger partial charge in [-0.05, 0) is 103 Å². The Labute approximate surface area is 401 Å². The van der Waals surface area contributed by atoms with Gasteiger partial charge in [0.25, 0.3) is 0 Å². The topological polar surface area (TPSA) is 209 Å². The lowest BCUT2D eigenvalue weighted by atomic mass is 10.2. The molecule has 0 radical (unpaired) electrons. The lowest BCUT2D eigenvalue weighted by molar-refractivity contribution is 0.274. The maximum absolute atomic E-state index is 5.94. The summed E-state index contributed by atoms with van der Waals surface area (Å²) >= 11 is 0. The van der Waals surface area contributed by atoms with Crippen molar-refractivity contribution < 1.29 is 37.9 Å². The molecule has 18 nitrogen and oxygen atoms in total. The highest BCUT2D eigenvalue weighted by atomic mass is 16.5. The SMILES string of the molecule is COc1cc(COc2ccc(OCc3ccc4ccccc4n3)cc2)ccc1OCc1nn[nH]n1.COc1cc(OCc2nn[nH]n2)ccc1COc1ccc(OCc2ccc3ccccc3n2)cc1. The number of H-pyrrole nitrogens is 2. The monoisotopic (exact) mass is 938 g/mol. The van der Waals surface area contributed by atoms with Crippen LogP contribution in [0.15, 0.2) is 158 Å². The van der Waals surface area contributed by atoms with E-state index in [-0.39, 0.29) is 13.2 Å². The van der Waals surface area contributed by atoms with E-state index in [4.69, 9.17) is 37.9 Å². The third kappa shape index (κ3) is 12.6. The molecule has 0 spiro atoms. The molecule has 0 saturated heterocycles. The van der Waals surface area contributed by atoms with Crippen LogP contribution in [0.1, 0.15) is 34.2 Å². The molecular formula is C52H46N10O8. The number of aromatic nitrogens is 10. The number of aromatic amines is 2. The second kappa shape index (κ2) is 22.9. The first-order valence-corrected chi connectivity index (χ1v) is 22.0. The molecule has 4 aromatic heterocycles. The molecule has 6 aromatic carbocycles. The molecule has 0 unspecified atom stereocenters. The molecular weight excluding hydrogens is 893 g/mol. The number of pyridine rings is 2. The number of methoxy groups -OCH3 is 2. The highest BCUT2D eigenvalue weighted by Crippen LogP contribution is 2.30.